The summed E-state index contributed by atoms with van der Waals surface area (Å²) < 4.78 is 10.5. The molecule has 0 bridgehead atoms. The molecule has 86 valence electrons. The zero-order chi connectivity index (χ0) is 11.7. The normalized spacial score (nSPS) is 13.0. The van der Waals surface area contributed by atoms with E-state index in [0.717, 1.165) is 11.4 Å². The van der Waals surface area contributed by atoms with Gasteiger partial charge in [-0.2, -0.15) is 0 Å². The third kappa shape index (κ3) is 1.83. The van der Waals surface area contributed by atoms with Gasteiger partial charge in [0.15, 0.2) is 11.5 Å². The molecule has 0 saturated heterocycles. The molecular weight excluding hydrogens is 206 g/mol. The van der Waals surface area contributed by atoms with Crippen molar-refractivity contribution in [1.29, 1.82) is 0 Å². The van der Waals surface area contributed by atoms with Crippen LogP contribution in [0.1, 0.15) is 20.8 Å². The molecule has 4 nitrogen and oxygen atoms in total. The molecule has 0 atom stereocenters. The standard InChI is InChI=1S/C12H15NO3/c1-8(2)13(9(3)14)10-4-5-11-12(6-10)16-7-15-11/h4-6,8H,7H2,1-3H3. The highest BCUT2D eigenvalue weighted by Crippen LogP contribution is 2.35. The summed E-state index contributed by atoms with van der Waals surface area (Å²) in [5, 5.41) is 0. The lowest BCUT2D eigenvalue weighted by atomic mass is 10.2. The van der Waals surface area contributed by atoms with Crippen LogP contribution in [-0.4, -0.2) is 18.7 Å². The topological polar surface area (TPSA) is 38.8 Å². The van der Waals surface area contributed by atoms with Crippen molar-refractivity contribution in [2.45, 2.75) is 26.8 Å². The summed E-state index contributed by atoms with van der Waals surface area (Å²) in [6, 6.07) is 5.66. The predicted octanol–water partition coefficient (Wildman–Crippen LogP) is 2.18. The number of hydrogen-bond acceptors (Lipinski definition) is 3. The average Bonchev–Trinajstić information content (AvgIpc) is 2.63. The Morgan fingerprint density at radius 1 is 1.31 bits per heavy atom. The molecule has 1 aromatic rings. The van der Waals surface area contributed by atoms with Crippen LogP contribution in [-0.2, 0) is 4.79 Å². The second-order valence-corrected chi connectivity index (χ2v) is 4.02. The van der Waals surface area contributed by atoms with Crippen LogP contribution in [0, 0.1) is 0 Å². The number of anilines is 1. The van der Waals surface area contributed by atoms with Crippen molar-refractivity contribution >= 4 is 11.6 Å². The Hall–Kier alpha value is -1.71. The average molecular weight is 221 g/mol. The second kappa shape index (κ2) is 4.04. The van der Waals surface area contributed by atoms with Gasteiger partial charge in [0.25, 0.3) is 0 Å². The van der Waals surface area contributed by atoms with Crippen LogP contribution in [0.25, 0.3) is 0 Å². The highest BCUT2D eigenvalue weighted by molar-refractivity contribution is 5.92. The summed E-state index contributed by atoms with van der Waals surface area (Å²) in [5.74, 6) is 1.45. The summed E-state index contributed by atoms with van der Waals surface area (Å²) >= 11 is 0. The Labute approximate surface area is 94.8 Å². The second-order valence-electron chi connectivity index (χ2n) is 4.02. The van der Waals surface area contributed by atoms with E-state index in [2.05, 4.69) is 0 Å². The molecular formula is C12H15NO3. The molecule has 0 aromatic heterocycles. The molecule has 0 unspecified atom stereocenters. The van der Waals surface area contributed by atoms with Gasteiger partial charge in [-0.25, -0.2) is 0 Å². The van der Waals surface area contributed by atoms with Crippen LogP contribution in [0.5, 0.6) is 11.5 Å². The summed E-state index contributed by atoms with van der Waals surface area (Å²) in [6.45, 7) is 5.77. The van der Waals surface area contributed by atoms with E-state index in [-0.39, 0.29) is 18.7 Å². The Morgan fingerprint density at radius 3 is 2.62 bits per heavy atom. The number of nitrogens with zero attached hydrogens (tertiary/aromatic N) is 1. The van der Waals surface area contributed by atoms with Gasteiger partial charge < -0.3 is 14.4 Å². The molecule has 0 radical (unpaired) electrons. The molecule has 0 saturated carbocycles. The minimum absolute atomic E-state index is 0.0221. The molecule has 1 amide bonds. The zero-order valence-electron chi connectivity index (χ0n) is 9.69. The van der Waals surface area contributed by atoms with Crippen LogP contribution in [0.15, 0.2) is 18.2 Å². The number of hydrogen-bond donors (Lipinski definition) is 0. The van der Waals surface area contributed by atoms with Crippen molar-refractivity contribution in [3.63, 3.8) is 0 Å². The Morgan fingerprint density at radius 2 is 2.00 bits per heavy atom. The molecule has 1 aliphatic heterocycles. The first kappa shape index (κ1) is 10.8. The first-order valence-electron chi connectivity index (χ1n) is 5.29. The maximum Gasteiger partial charge on any atom is 0.231 e. The third-order valence-corrected chi connectivity index (χ3v) is 2.49. The van der Waals surface area contributed by atoms with Crippen molar-refractivity contribution in [2.24, 2.45) is 0 Å². The van der Waals surface area contributed by atoms with Crippen molar-refractivity contribution in [3.8, 4) is 11.5 Å². The van der Waals surface area contributed by atoms with Crippen molar-refractivity contribution in [3.05, 3.63) is 18.2 Å². The van der Waals surface area contributed by atoms with Gasteiger partial charge in [0.05, 0.1) is 0 Å². The van der Waals surface area contributed by atoms with Gasteiger partial charge in [-0.15, -0.1) is 0 Å². The molecule has 0 spiro atoms. The highest BCUT2D eigenvalue weighted by atomic mass is 16.7. The van der Waals surface area contributed by atoms with Gasteiger partial charge in [0, 0.05) is 24.7 Å². The quantitative estimate of drug-likeness (QED) is 0.768. The summed E-state index contributed by atoms with van der Waals surface area (Å²) in [5.41, 5.74) is 0.840. The van der Waals surface area contributed by atoms with Crippen molar-refractivity contribution < 1.29 is 14.3 Å². The molecule has 1 aromatic carbocycles. The Balaban J connectivity index is 2.35. The number of carbonyl (C=O) groups excluding carboxylic acids is 1. The number of fused-ring (bicyclic) bond motifs is 1. The smallest absolute Gasteiger partial charge is 0.231 e. The van der Waals surface area contributed by atoms with Crippen LogP contribution in [0.2, 0.25) is 0 Å². The molecule has 0 fully saturated rings. The molecule has 0 aliphatic carbocycles. The fraction of sp³-hybridized carbons (Fsp3) is 0.417. The van der Waals surface area contributed by atoms with E-state index >= 15 is 0 Å². The lowest BCUT2D eigenvalue weighted by molar-refractivity contribution is -0.116. The molecule has 4 heteroatoms. The minimum atomic E-state index is 0.0221. The number of rotatable bonds is 2. The zero-order valence-corrected chi connectivity index (χ0v) is 9.69. The van der Waals surface area contributed by atoms with Crippen molar-refractivity contribution in [2.75, 3.05) is 11.7 Å². The van der Waals surface area contributed by atoms with E-state index in [1.165, 1.54) is 0 Å². The Bertz CT molecular complexity index is 415. The van der Waals surface area contributed by atoms with E-state index in [0.29, 0.717) is 5.75 Å². The third-order valence-electron chi connectivity index (χ3n) is 2.49. The van der Waals surface area contributed by atoms with E-state index in [1.54, 1.807) is 11.8 Å². The van der Waals surface area contributed by atoms with Crippen LogP contribution in [0.3, 0.4) is 0 Å². The lowest BCUT2D eigenvalue weighted by Gasteiger charge is -2.25. The molecule has 2 rings (SSSR count). The van der Waals surface area contributed by atoms with E-state index in [1.807, 2.05) is 32.0 Å². The fourth-order valence-electron chi connectivity index (χ4n) is 1.88. The van der Waals surface area contributed by atoms with Gasteiger partial charge >= 0.3 is 0 Å². The van der Waals surface area contributed by atoms with E-state index in [9.17, 15) is 4.79 Å². The first-order chi connectivity index (χ1) is 7.59. The molecule has 0 N–H and O–H groups in total. The van der Waals surface area contributed by atoms with Gasteiger partial charge in [0.2, 0.25) is 12.7 Å². The number of benzene rings is 1. The number of amides is 1. The van der Waals surface area contributed by atoms with E-state index in [4.69, 9.17) is 9.47 Å². The SMILES string of the molecule is CC(=O)N(c1ccc2c(c1)OCO2)C(C)C. The number of ether oxygens (including phenoxy) is 2. The first-order valence-corrected chi connectivity index (χ1v) is 5.29. The minimum Gasteiger partial charge on any atom is -0.454 e. The van der Waals surface area contributed by atoms with Crippen LogP contribution >= 0.6 is 0 Å². The van der Waals surface area contributed by atoms with Gasteiger partial charge in [-0.3, -0.25) is 4.79 Å². The van der Waals surface area contributed by atoms with Crippen molar-refractivity contribution in [1.82, 2.24) is 0 Å². The van der Waals surface area contributed by atoms with Gasteiger partial charge in [-0.05, 0) is 26.0 Å². The summed E-state index contributed by atoms with van der Waals surface area (Å²) in [6.07, 6.45) is 0. The number of carbonyl (C=O) groups is 1. The lowest BCUT2D eigenvalue weighted by Crippen LogP contribution is -2.34. The maximum absolute atomic E-state index is 11.5. The van der Waals surface area contributed by atoms with Gasteiger partial charge in [0.1, 0.15) is 0 Å². The summed E-state index contributed by atoms with van der Waals surface area (Å²) in [7, 11) is 0. The maximum atomic E-state index is 11.5. The summed E-state index contributed by atoms with van der Waals surface area (Å²) in [4.78, 5) is 13.3. The molecule has 1 aliphatic rings. The highest BCUT2D eigenvalue weighted by Gasteiger charge is 2.19. The van der Waals surface area contributed by atoms with Crippen LogP contribution < -0.4 is 14.4 Å². The monoisotopic (exact) mass is 221 g/mol. The van der Waals surface area contributed by atoms with Crippen LogP contribution in [0.4, 0.5) is 5.69 Å². The fourth-order valence-corrected chi connectivity index (χ4v) is 1.88. The van der Waals surface area contributed by atoms with E-state index < -0.39 is 0 Å². The molecule has 16 heavy (non-hydrogen) atoms. The Kier molecular flexibility index (Phi) is 2.73. The predicted molar refractivity (Wildman–Crippen MR) is 60.9 cm³/mol. The molecule has 1 heterocycles. The van der Waals surface area contributed by atoms with Gasteiger partial charge in [-0.1, -0.05) is 0 Å². The largest absolute Gasteiger partial charge is 0.454 e.